The molecule has 1 amide bonds. The summed E-state index contributed by atoms with van der Waals surface area (Å²) in [6.07, 6.45) is 3.41. The highest BCUT2D eigenvalue weighted by atomic mass is 16.2. The molecule has 1 heterocycles. The summed E-state index contributed by atoms with van der Waals surface area (Å²) in [4.78, 5) is 13.9. The van der Waals surface area contributed by atoms with E-state index in [2.05, 4.69) is 18.9 Å². The average molecular weight is 224 g/mol. The summed E-state index contributed by atoms with van der Waals surface area (Å²) in [5, 5.41) is 3.97. The molecule has 0 saturated heterocycles. The van der Waals surface area contributed by atoms with Crippen molar-refractivity contribution in [3.8, 4) is 0 Å². The van der Waals surface area contributed by atoms with Gasteiger partial charge in [0.2, 0.25) is 0 Å². The first kappa shape index (κ1) is 12.5. The van der Waals surface area contributed by atoms with Crippen LogP contribution in [0.3, 0.4) is 0 Å². The molecule has 0 bridgehead atoms. The van der Waals surface area contributed by atoms with E-state index in [1.165, 1.54) is 10.9 Å². The van der Waals surface area contributed by atoms with E-state index in [9.17, 15) is 4.79 Å². The number of hydrogen-bond donors (Lipinski definition) is 1. The molecule has 5 nitrogen and oxygen atoms in total. The fourth-order valence-corrected chi connectivity index (χ4v) is 1.80. The first-order valence-electron chi connectivity index (χ1n) is 5.57. The van der Waals surface area contributed by atoms with Gasteiger partial charge in [-0.1, -0.05) is 13.8 Å². The van der Waals surface area contributed by atoms with Crippen LogP contribution in [0.5, 0.6) is 0 Å². The van der Waals surface area contributed by atoms with E-state index in [0.29, 0.717) is 11.4 Å². The number of nitrogens with two attached hydrogens (primary N) is 1. The van der Waals surface area contributed by atoms with Gasteiger partial charge in [0, 0.05) is 20.1 Å². The molecule has 5 heteroatoms. The first-order chi connectivity index (χ1) is 7.52. The van der Waals surface area contributed by atoms with Crippen molar-refractivity contribution >= 4 is 11.7 Å². The van der Waals surface area contributed by atoms with Crippen LogP contribution in [0, 0.1) is 0 Å². The van der Waals surface area contributed by atoms with Crippen molar-refractivity contribution in [1.82, 2.24) is 14.7 Å². The zero-order valence-corrected chi connectivity index (χ0v) is 10.4. The normalized spacial score (nSPS) is 10.8. The smallest absolute Gasteiger partial charge is 0.259 e. The highest BCUT2D eigenvalue weighted by Gasteiger charge is 2.21. The Balaban J connectivity index is 2.89. The van der Waals surface area contributed by atoms with Crippen molar-refractivity contribution in [2.75, 3.05) is 12.8 Å². The van der Waals surface area contributed by atoms with Crippen LogP contribution >= 0.6 is 0 Å². The Morgan fingerprint density at radius 2 is 2.12 bits per heavy atom. The number of anilines is 1. The maximum Gasteiger partial charge on any atom is 0.259 e. The monoisotopic (exact) mass is 224 g/mol. The van der Waals surface area contributed by atoms with Crippen LogP contribution in [0.4, 0.5) is 5.82 Å². The van der Waals surface area contributed by atoms with E-state index in [1.54, 1.807) is 11.9 Å². The van der Waals surface area contributed by atoms with Crippen molar-refractivity contribution in [3.63, 3.8) is 0 Å². The number of amides is 1. The number of rotatable bonds is 4. The number of nitrogens with zero attached hydrogens (tertiary/aromatic N) is 3. The fraction of sp³-hybridized carbons (Fsp3) is 0.636. The van der Waals surface area contributed by atoms with Crippen molar-refractivity contribution in [2.45, 2.75) is 32.7 Å². The second kappa shape index (κ2) is 5.01. The van der Waals surface area contributed by atoms with Gasteiger partial charge in [0.1, 0.15) is 11.4 Å². The second-order valence-electron chi connectivity index (χ2n) is 3.95. The minimum atomic E-state index is -0.0562. The molecule has 0 aliphatic carbocycles. The minimum Gasteiger partial charge on any atom is -0.383 e. The molecule has 1 rings (SSSR count). The van der Waals surface area contributed by atoms with Crippen LogP contribution in [-0.2, 0) is 7.05 Å². The van der Waals surface area contributed by atoms with Gasteiger partial charge in [-0.2, -0.15) is 5.10 Å². The van der Waals surface area contributed by atoms with Gasteiger partial charge in [-0.25, -0.2) is 0 Å². The van der Waals surface area contributed by atoms with Gasteiger partial charge in [-0.3, -0.25) is 9.48 Å². The van der Waals surface area contributed by atoms with Gasteiger partial charge in [0.25, 0.3) is 5.91 Å². The topological polar surface area (TPSA) is 64.2 Å². The molecule has 0 aliphatic rings. The molecule has 0 saturated carbocycles. The number of nitrogen functional groups attached to an aromatic ring is 1. The molecule has 0 aliphatic heterocycles. The third-order valence-electron chi connectivity index (χ3n) is 3.03. The average Bonchev–Trinajstić information content (AvgIpc) is 2.60. The first-order valence-corrected chi connectivity index (χ1v) is 5.57. The summed E-state index contributed by atoms with van der Waals surface area (Å²) in [6, 6.07) is 0.257. The quantitative estimate of drug-likeness (QED) is 0.837. The zero-order chi connectivity index (χ0) is 12.3. The summed E-state index contributed by atoms with van der Waals surface area (Å²) >= 11 is 0. The van der Waals surface area contributed by atoms with Gasteiger partial charge >= 0.3 is 0 Å². The van der Waals surface area contributed by atoms with E-state index in [-0.39, 0.29) is 11.9 Å². The third-order valence-corrected chi connectivity index (χ3v) is 3.03. The minimum absolute atomic E-state index is 0.0562. The number of aryl methyl sites for hydroxylation is 1. The molecule has 1 aromatic rings. The van der Waals surface area contributed by atoms with Crippen molar-refractivity contribution in [1.29, 1.82) is 0 Å². The SMILES string of the molecule is CCC(CC)N(C)C(=O)c1cnn(C)c1N. The van der Waals surface area contributed by atoms with E-state index in [0.717, 1.165) is 12.8 Å². The summed E-state index contributed by atoms with van der Waals surface area (Å²) < 4.78 is 1.51. The number of carbonyl (C=O) groups is 1. The van der Waals surface area contributed by atoms with Crippen LogP contribution in [0.15, 0.2) is 6.20 Å². The van der Waals surface area contributed by atoms with E-state index < -0.39 is 0 Å². The Morgan fingerprint density at radius 3 is 2.50 bits per heavy atom. The van der Waals surface area contributed by atoms with E-state index in [4.69, 9.17) is 5.73 Å². The van der Waals surface area contributed by atoms with Crippen LogP contribution in [-0.4, -0.2) is 33.7 Å². The number of hydrogen-bond acceptors (Lipinski definition) is 3. The highest BCUT2D eigenvalue weighted by Crippen LogP contribution is 2.15. The van der Waals surface area contributed by atoms with Crippen molar-refractivity contribution in [2.24, 2.45) is 7.05 Å². The molecule has 0 aromatic carbocycles. The van der Waals surface area contributed by atoms with E-state index >= 15 is 0 Å². The van der Waals surface area contributed by atoms with Crippen LogP contribution in [0.2, 0.25) is 0 Å². The third kappa shape index (κ3) is 2.18. The molecule has 90 valence electrons. The zero-order valence-electron chi connectivity index (χ0n) is 10.4. The van der Waals surface area contributed by atoms with Gasteiger partial charge in [-0.15, -0.1) is 0 Å². The number of carbonyl (C=O) groups excluding carboxylic acids is 1. The lowest BCUT2D eigenvalue weighted by Crippen LogP contribution is -2.36. The summed E-state index contributed by atoms with van der Waals surface area (Å²) in [6.45, 7) is 4.15. The largest absolute Gasteiger partial charge is 0.383 e. The Kier molecular flexibility index (Phi) is 3.93. The number of aromatic nitrogens is 2. The maximum atomic E-state index is 12.1. The van der Waals surface area contributed by atoms with E-state index in [1.807, 2.05) is 7.05 Å². The molecule has 16 heavy (non-hydrogen) atoms. The molecular formula is C11H20N4O. The van der Waals surface area contributed by atoms with Gasteiger partial charge in [0.05, 0.1) is 6.20 Å². The Hall–Kier alpha value is -1.52. The summed E-state index contributed by atoms with van der Waals surface area (Å²) in [5.41, 5.74) is 6.26. The molecule has 0 unspecified atom stereocenters. The highest BCUT2D eigenvalue weighted by molar-refractivity contribution is 5.98. The molecule has 1 aromatic heterocycles. The fourth-order valence-electron chi connectivity index (χ4n) is 1.80. The molecule has 0 radical (unpaired) electrons. The van der Waals surface area contributed by atoms with Crippen molar-refractivity contribution < 1.29 is 4.79 Å². The summed E-state index contributed by atoms with van der Waals surface area (Å²) in [5.74, 6) is 0.363. The van der Waals surface area contributed by atoms with Gasteiger partial charge < -0.3 is 10.6 Å². The van der Waals surface area contributed by atoms with Gasteiger partial charge in [0.15, 0.2) is 0 Å². The maximum absolute atomic E-state index is 12.1. The lowest BCUT2D eigenvalue weighted by Gasteiger charge is -2.26. The molecule has 0 spiro atoms. The standard InChI is InChI=1S/C11H20N4O/c1-5-8(6-2)14(3)11(16)9-7-13-15(4)10(9)12/h7-8H,5-6,12H2,1-4H3. The molecule has 2 N–H and O–H groups in total. The van der Waals surface area contributed by atoms with Crippen LogP contribution in [0.1, 0.15) is 37.0 Å². The second-order valence-corrected chi connectivity index (χ2v) is 3.95. The molecule has 0 fully saturated rings. The van der Waals surface area contributed by atoms with Gasteiger partial charge in [-0.05, 0) is 12.8 Å². The Bertz CT molecular complexity index is 368. The predicted molar refractivity (Wildman–Crippen MR) is 64.1 cm³/mol. The van der Waals surface area contributed by atoms with Crippen molar-refractivity contribution in [3.05, 3.63) is 11.8 Å². The predicted octanol–water partition coefficient (Wildman–Crippen LogP) is 1.26. The van der Waals surface area contributed by atoms with Crippen LogP contribution < -0.4 is 5.73 Å². The van der Waals surface area contributed by atoms with Crippen LogP contribution in [0.25, 0.3) is 0 Å². The molecular weight excluding hydrogens is 204 g/mol. The summed E-state index contributed by atoms with van der Waals surface area (Å²) in [7, 11) is 3.54. The lowest BCUT2D eigenvalue weighted by molar-refractivity contribution is 0.0724. The Labute approximate surface area is 96.2 Å². The lowest BCUT2D eigenvalue weighted by atomic mass is 10.1. The Morgan fingerprint density at radius 1 is 1.56 bits per heavy atom. The molecule has 0 atom stereocenters.